The van der Waals surface area contributed by atoms with Crippen LogP contribution in [0, 0.1) is 5.82 Å². The van der Waals surface area contributed by atoms with Gasteiger partial charge in [0, 0.05) is 23.1 Å². The molecule has 1 amide bonds. The molecule has 0 saturated heterocycles. The van der Waals surface area contributed by atoms with Gasteiger partial charge in [0.05, 0.1) is 11.8 Å². The second-order valence-corrected chi connectivity index (χ2v) is 7.58. The first-order valence-corrected chi connectivity index (χ1v) is 9.59. The van der Waals surface area contributed by atoms with Crippen LogP contribution in [0.5, 0.6) is 0 Å². The number of hydrogen-bond donors (Lipinski definition) is 0. The zero-order chi connectivity index (χ0) is 17.8. The molecule has 25 heavy (non-hydrogen) atoms. The van der Waals surface area contributed by atoms with Gasteiger partial charge in [-0.25, -0.2) is 9.07 Å². The summed E-state index contributed by atoms with van der Waals surface area (Å²) < 4.78 is 16.5. The lowest BCUT2D eigenvalue weighted by atomic mass is 10.2. The van der Waals surface area contributed by atoms with Crippen LogP contribution in [0.1, 0.15) is 24.4 Å². The minimum atomic E-state index is -0.338. The molecule has 1 aromatic heterocycles. The molecule has 9 heteroatoms. The minimum absolute atomic E-state index is 0.116. The fraction of sp³-hybridized carbons (Fsp3) is 0.375. The van der Waals surface area contributed by atoms with Crippen molar-refractivity contribution in [3.8, 4) is 0 Å². The molecule has 0 atom stereocenters. The van der Waals surface area contributed by atoms with Gasteiger partial charge in [0.15, 0.2) is 0 Å². The zero-order valence-corrected chi connectivity index (χ0v) is 15.8. The van der Waals surface area contributed by atoms with Crippen molar-refractivity contribution in [3.63, 3.8) is 0 Å². The van der Waals surface area contributed by atoms with Gasteiger partial charge < -0.3 is 4.90 Å². The summed E-state index contributed by atoms with van der Waals surface area (Å²) in [5, 5.41) is 12.3. The monoisotopic (exact) mass is 425 g/mol. The van der Waals surface area contributed by atoms with Gasteiger partial charge >= 0.3 is 0 Å². The van der Waals surface area contributed by atoms with Crippen LogP contribution >= 0.6 is 27.7 Å². The maximum atomic E-state index is 14.0. The third-order valence-corrected chi connectivity index (χ3v) is 5.16. The number of hydrogen-bond acceptors (Lipinski definition) is 5. The van der Waals surface area contributed by atoms with Crippen molar-refractivity contribution in [2.24, 2.45) is 0 Å². The molecule has 3 rings (SSSR count). The number of thioether (sulfide) groups is 1. The van der Waals surface area contributed by atoms with Gasteiger partial charge in [-0.15, -0.1) is 11.7 Å². The average molecular weight is 426 g/mol. The topological polar surface area (TPSA) is 63.9 Å². The van der Waals surface area contributed by atoms with E-state index in [1.165, 1.54) is 17.8 Å². The third-order valence-electron chi connectivity index (χ3n) is 3.75. The van der Waals surface area contributed by atoms with E-state index in [0.29, 0.717) is 23.3 Å². The molecule has 0 N–H and O–H groups in total. The minimum Gasteiger partial charge on any atom is -0.334 e. The summed E-state index contributed by atoms with van der Waals surface area (Å²) in [5.74, 6) is -0.263. The molecule has 0 bridgehead atoms. The summed E-state index contributed by atoms with van der Waals surface area (Å²) >= 11 is 4.63. The molecule has 2 aromatic rings. The summed E-state index contributed by atoms with van der Waals surface area (Å²) in [6, 6.07) is 5.05. The first-order valence-electron chi connectivity index (χ1n) is 7.81. The van der Waals surface area contributed by atoms with Crippen LogP contribution in [0.4, 0.5) is 4.39 Å². The number of carbonyl (C=O) groups is 1. The zero-order valence-electron chi connectivity index (χ0n) is 13.4. The van der Waals surface area contributed by atoms with Gasteiger partial charge in [-0.2, -0.15) is 0 Å². The Morgan fingerprint density at radius 3 is 3.04 bits per heavy atom. The van der Waals surface area contributed by atoms with E-state index < -0.39 is 0 Å². The predicted molar refractivity (Wildman–Crippen MR) is 96.5 cm³/mol. The maximum absolute atomic E-state index is 14.0. The summed E-state index contributed by atoms with van der Waals surface area (Å²) in [7, 11) is 0. The Morgan fingerprint density at radius 2 is 2.32 bits per heavy atom. The van der Waals surface area contributed by atoms with Gasteiger partial charge in [0.2, 0.25) is 11.1 Å². The smallest absolute Gasteiger partial charge is 0.233 e. The maximum Gasteiger partial charge on any atom is 0.233 e. The van der Waals surface area contributed by atoms with Gasteiger partial charge in [-0.3, -0.25) is 4.79 Å². The molecular formula is C16H17BrFN5OS. The second kappa shape index (κ2) is 8.09. The molecule has 0 radical (unpaired) electrons. The number of amides is 1. The number of aromatic nitrogens is 4. The van der Waals surface area contributed by atoms with Crippen LogP contribution in [0.3, 0.4) is 0 Å². The summed E-state index contributed by atoms with van der Waals surface area (Å²) in [5.41, 5.74) is 0.456. The highest BCUT2D eigenvalue weighted by Crippen LogP contribution is 2.36. The lowest BCUT2D eigenvalue weighted by molar-refractivity contribution is -0.128. The average Bonchev–Trinajstić information content (AvgIpc) is 3.33. The molecule has 132 valence electrons. The van der Waals surface area contributed by atoms with Crippen molar-refractivity contribution in [2.45, 2.75) is 30.6 Å². The van der Waals surface area contributed by atoms with Crippen molar-refractivity contribution < 1.29 is 9.18 Å². The fourth-order valence-electron chi connectivity index (χ4n) is 2.33. The van der Waals surface area contributed by atoms with Crippen molar-refractivity contribution in [1.82, 2.24) is 25.1 Å². The van der Waals surface area contributed by atoms with Crippen LogP contribution in [0.25, 0.3) is 0 Å². The van der Waals surface area contributed by atoms with Crippen LogP contribution in [-0.4, -0.2) is 43.3 Å². The standard InChI is InChI=1S/C16H17BrFN5OS/c1-2-7-22(9-11-8-12(17)3-6-14(11)18)15(24)10-25-16-19-20-21-23(16)13-4-5-13/h2-3,6,8,13H,1,4-5,7,9-10H2. The van der Waals surface area contributed by atoms with Crippen LogP contribution in [0.2, 0.25) is 0 Å². The Balaban J connectivity index is 1.65. The Labute approximate surface area is 157 Å². The van der Waals surface area contributed by atoms with E-state index >= 15 is 0 Å². The first kappa shape index (κ1) is 18.1. The summed E-state index contributed by atoms with van der Waals surface area (Å²) in [6.45, 7) is 4.21. The first-order chi connectivity index (χ1) is 12.1. The number of nitrogens with zero attached hydrogens (tertiary/aromatic N) is 5. The van der Waals surface area contributed by atoms with E-state index in [2.05, 4.69) is 38.0 Å². The number of rotatable bonds is 8. The Morgan fingerprint density at radius 1 is 1.52 bits per heavy atom. The molecule has 1 saturated carbocycles. The molecule has 0 unspecified atom stereocenters. The molecule has 6 nitrogen and oxygen atoms in total. The highest BCUT2D eigenvalue weighted by Gasteiger charge is 2.28. The van der Waals surface area contributed by atoms with Crippen LogP contribution < -0.4 is 0 Å². The lowest BCUT2D eigenvalue weighted by Crippen LogP contribution is -2.32. The highest BCUT2D eigenvalue weighted by molar-refractivity contribution is 9.10. The Hall–Kier alpha value is -1.74. The van der Waals surface area contributed by atoms with Crippen molar-refractivity contribution in [3.05, 3.63) is 46.7 Å². The van der Waals surface area contributed by atoms with Gasteiger partial charge in [-0.05, 0) is 41.5 Å². The molecular weight excluding hydrogens is 409 g/mol. The fourth-order valence-corrected chi connectivity index (χ4v) is 3.58. The molecule has 1 fully saturated rings. The van der Waals surface area contributed by atoms with Crippen LogP contribution in [0.15, 0.2) is 40.5 Å². The lowest BCUT2D eigenvalue weighted by Gasteiger charge is -2.21. The Kier molecular flexibility index (Phi) is 5.85. The van der Waals surface area contributed by atoms with Crippen LogP contribution in [-0.2, 0) is 11.3 Å². The second-order valence-electron chi connectivity index (χ2n) is 5.72. The molecule has 0 aliphatic heterocycles. The van der Waals surface area contributed by atoms with Crippen molar-refractivity contribution in [2.75, 3.05) is 12.3 Å². The number of halogens is 2. The van der Waals surface area contributed by atoms with E-state index in [9.17, 15) is 9.18 Å². The SMILES string of the molecule is C=CCN(Cc1cc(Br)ccc1F)C(=O)CSc1nnnn1C1CC1. The molecule has 1 aliphatic carbocycles. The largest absolute Gasteiger partial charge is 0.334 e. The van der Waals surface area contributed by atoms with Gasteiger partial charge in [0.1, 0.15) is 5.82 Å². The normalized spacial score (nSPS) is 13.7. The Bertz CT molecular complexity index is 780. The van der Waals surface area contributed by atoms with Gasteiger partial charge in [-0.1, -0.05) is 33.8 Å². The molecule has 1 aromatic carbocycles. The van der Waals surface area contributed by atoms with E-state index in [-0.39, 0.29) is 24.0 Å². The molecule has 1 aliphatic rings. The predicted octanol–water partition coefficient (Wildman–Crippen LogP) is 3.22. The van der Waals surface area contributed by atoms with E-state index in [0.717, 1.165) is 17.3 Å². The number of benzene rings is 1. The van der Waals surface area contributed by atoms with E-state index in [4.69, 9.17) is 0 Å². The number of carbonyl (C=O) groups excluding carboxylic acids is 1. The van der Waals surface area contributed by atoms with Crippen molar-refractivity contribution >= 4 is 33.6 Å². The quantitative estimate of drug-likeness (QED) is 0.479. The molecule has 0 spiro atoms. The third kappa shape index (κ3) is 4.66. The summed E-state index contributed by atoms with van der Waals surface area (Å²) in [4.78, 5) is 14.1. The summed E-state index contributed by atoms with van der Waals surface area (Å²) in [6.07, 6.45) is 3.77. The number of tetrazole rings is 1. The highest BCUT2D eigenvalue weighted by atomic mass is 79.9. The van der Waals surface area contributed by atoms with Crippen molar-refractivity contribution in [1.29, 1.82) is 0 Å². The van der Waals surface area contributed by atoms with E-state index in [1.54, 1.807) is 27.8 Å². The van der Waals surface area contributed by atoms with E-state index in [1.807, 2.05) is 0 Å². The van der Waals surface area contributed by atoms with Gasteiger partial charge in [0.25, 0.3) is 0 Å². The molecule has 1 heterocycles.